The van der Waals surface area contributed by atoms with Gasteiger partial charge < -0.3 is 14.2 Å². The van der Waals surface area contributed by atoms with Gasteiger partial charge in [0, 0.05) is 14.8 Å². The van der Waals surface area contributed by atoms with E-state index in [-0.39, 0.29) is 25.1 Å². The number of sulfonamides is 1. The van der Waals surface area contributed by atoms with Crippen LogP contribution < -0.4 is 0 Å². The molecule has 0 aliphatic carbocycles. The van der Waals surface area contributed by atoms with Gasteiger partial charge in [0.15, 0.2) is 0 Å². The Morgan fingerprint density at radius 1 is 1.30 bits per heavy atom. The van der Waals surface area contributed by atoms with E-state index in [9.17, 15) is 8.42 Å². The third-order valence-electron chi connectivity index (χ3n) is 3.34. The van der Waals surface area contributed by atoms with Crippen molar-refractivity contribution in [3.63, 3.8) is 0 Å². The van der Waals surface area contributed by atoms with Crippen LogP contribution in [0.3, 0.4) is 0 Å². The SMILES string of the molecule is C=CCOCC(CCC1CO1)(COCC=C)CS(=O)(=O)N=[N+]=[N-]. The van der Waals surface area contributed by atoms with E-state index in [1.165, 1.54) is 0 Å². The van der Waals surface area contributed by atoms with E-state index in [0.29, 0.717) is 32.7 Å². The second-order valence-corrected chi connectivity index (χ2v) is 7.11. The summed E-state index contributed by atoms with van der Waals surface area (Å²) < 4.78 is 43.0. The van der Waals surface area contributed by atoms with Gasteiger partial charge in [-0.2, -0.15) is 0 Å². The van der Waals surface area contributed by atoms with Crippen LogP contribution >= 0.6 is 0 Å². The standard InChI is InChI=1S/C14H23N3O5S/c1-3-7-20-10-14(11-21-8-4-2,6-5-13-9-22-13)12-23(18,19)17-16-15/h3-4,13H,1-2,5-12H2. The molecule has 0 amide bonds. The summed E-state index contributed by atoms with van der Waals surface area (Å²) in [5.74, 6) is -0.342. The topological polar surface area (TPSA) is 114 Å². The molecule has 1 atom stereocenters. The van der Waals surface area contributed by atoms with Crippen molar-refractivity contribution in [3.05, 3.63) is 35.8 Å². The Kier molecular flexibility index (Phi) is 8.29. The van der Waals surface area contributed by atoms with Crippen LogP contribution in [0.25, 0.3) is 10.4 Å². The van der Waals surface area contributed by atoms with E-state index in [1.807, 2.05) is 0 Å². The number of nitrogens with zero attached hydrogens (tertiary/aromatic N) is 3. The van der Waals surface area contributed by atoms with Crippen LogP contribution in [0.1, 0.15) is 12.8 Å². The number of rotatable bonds is 14. The number of ether oxygens (including phenoxy) is 3. The molecule has 9 heteroatoms. The highest BCUT2D eigenvalue weighted by Gasteiger charge is 2.38. The third kappa shape index (κ3) is 8.15. The van der Waals surface area contributed by atoms with Crippen molar-refractivity contribution in [2.45, 2.75) is 18.9 Å². The quantitative estimate of drug-likeness (QED) is 0.120. The van der Waals surface area contributed by atoms with Crippen LogP contribution in [0.15, 0.2) is 29.8 Å². The molecule has 0 N–H and O–H groups in total. The van der Waals surface area contributed by atoms with Gasteiger partial charge in [-0.25, -0.2) is 8.42 Å². The normalized spacial score (nSPS) is 17.3. The lowest BCUT2D eigenvalue weighted by atomic mass is 9.86. The predicted molar refractivity (Wildman–Crippen MR) is 86.4 cm³/mol. The number of azide groups is 1. The highest BCUT2D eigenvalue weighted by Crippen LogP contribution is 2.31. The first-order chi connectivity index (χ1) is 11.0. The second kappa shape index (κ2) is 9.69. The number of hydrogen-bond donors (Lipinski definition) is 0. The summed E-state index contributed by atoms with van der Waals surface area (Å²) in [4.78, 5) is 2.39. The highest BCUT2D eigenvalue weighted by atomic mass is 32.2. The molecule has 23 heavy (non-hydrogen) atoms. The van der Waals surface area contributed by atoms with E-state index in [2.05, 4.69) is 22.6 Å². The smallest absolute Gasteiger partial charge is 0.236 e. The summed E-state index contributed by atoms with van der Waals surface area (Å²) >= 11 is 0. The molecular weight excluding hydrogens is 322 g/mol. The van der Waals surface area contributed by atoms with Gasteiger partial charge in [0.25, 0.3) is 0 Å². The van der Waals surface area contributed by atoms with Crippen molar-refractivity contribution in [3.8, 4) is 0 Å². The molecule has 0 radical (unpaired) electrons. The zero-order valence-corrected chi connectivity index (χ0v) is 13.9. The molecule has 1 heterocycles. The molecule has 0 aromatic rings. The predicted octanol–water partition coefficient (Wildman–Crippen LogP) is 2.20. The van der Waals surface area contributed by atoms with Crippen molar-refractivity contribution in [1.82, 2.24) is 0 Å². The van der Waals surface area contributed by atoms with E-state index in [1.54, 1.807) is 12.2 Å². The zero-order chi connectivity index (χ0) is 17.2. The maximum atomic E-state index is 12.0. The first kappa shape index (κ1) is 19.7. The molecule has 0 saturated carbocycles. The molecule has 0 bridgehead atoms. The third-order valence-corrected chi connectivity index (χ3v) is 4.64. The molecule has 1 aliphatic rings. The van der Waals surface area contributed by atoms with Crippen LogP contribution in [0.5, 0.6) is 0 Å². The van der Waals surface area contributed by atoms with E-state index < -0.39 is 15.4 Å². The van der Waals surface area contributed by atoms with Gasteiger partial charge in [-0.1, -0.05) is 12.2 Å². The van der Waals surface area contributed by atoms with Gasteiger partial charge in [0.2, 0.25) is 10.0 Å². The fraction of sp³-hybridized carbons (Fsp3) is 0.714. The first-order valence-corrected chi connectivity index (χ1v) is 8.86. The molecular formula is C14H23N3O5S. The maximum absolute atomic E-state index is 12.0. The molecule has 1 aliphatic heterocycles. The summed E-state index contributed by atoms with van der Waals surface area (Å²) in [6.45, 7) is 8.72. The molecule has 130 valence electrons. The Morgan fingerprint density at radius 2 is 1.87 bits per heavy atom. The lowest BCUT2D eigenvalue weighted by molar-refractivity contribution is -0.00298. The minimum absolute atomic E-state index is 0.148. The Balaban J connectivity index is 2.88. The first-order valence-electron chi connectivity index (χ1n) is 7.25. The zero-order valence-electron chi connectivity index (χ0n) is 13.1. The summed E-state index contributed by atoms with van der Waals surface area (Å²) in [6.07, 6.45) is 4.53. The van der Waals surface area contributed by atoms with Gasteiger partial charge in [-0.15, -0.1) is 13.2 Å². The molecule has 0 spiro atoms. The van der Waals surface area contributed by atoms with Gasteiger partial charge in [0.05, 0.1) is 44.9 Å². The van der Waals surface area contributed by atoms with Crippen LogP contribution in [-0.4, -0.2) is 53.3 Å². The van der Waals surface area contributed by atoms with Crippen LogP contribution in [0.2, 0.25) is 0 Å². The van der Waals surface area contributed by atoms with Gasteiger partial charge in [-0.3, -0.25) is 0 Å². The van der Waals surface area contributed by atoms with Crippen molar-refractivity contribution in [2.24, 2.45) is 9.93 Å². The molecule has 1 fully saturated rings. The molecule has 1 rings (SSSR count). The minimum Gasteiger partial charge on any atom is -0.377 e. The molecule has 1 saturated heterocycles. The molecule has 8 nitrogen and oxygen atoms in total. The second-order valence-electron chi connectivity index (χ2n) is 5.50. The average molecular weight is 345 g/mol. The van der Waals surface area contributed by atoms with Crippen LogP contribution in [0.4, 0.5) is 0 Å². The van der Waals surface area contributed by atoms with E-state index in [4.69, 9.17) is 19.7 Å². The van der Waals surface area contributed by atoms with Crippen LogP contribution in [-0.2, 0) is 24.2 Å². The van der Waals surface area contributed by atoms with Gasteiger partial charge in [-0.05, 0) is 18.4 Å². The maximum Gasteiger partial charge on any atom is 0.236 e. The number of epoxide rings is 1. The summed E-state index contributed by atoms with van der Waals surface area (Å²) in [7, 11) is -3.94. The lowest BCUT2D eigenvalue weighted by Crippen LogP contribution is -2.39. The van der Waals surface area contributed by atoms with Crippen LogP contribution in [0, 0.1) is 5.41 Å². The van der Waals surface area contributed by atoms with Gasteiger partial charge in [0.1, 0.15) is 0 Å². The lowest BCUT2D eigenvalue weighted by Gasteiger charge is -2.32. The molecule has 0 aromatic carbocycles. The fourth-order valence-corrected chi connectivity index (χ4v) is 3.49. The van der Waals surface area contributed by atoms with Gasteiger partial charge >= 0.3 is 0 Å². The Bertz CT molecular complexity index is 525. The average Bonchev–Trinajstić information content (AvgIpc) is 3.29. The Hall–Kier alpha value is -1.38. The summed E-state index contributed by atoms with van der Waals surface area (Å²) in [6, 6.07) is 0. The Morgan fingerprint density at radius 3 is 2.30 bits per heavy atom. The molecule has 1 unspecified atom stereocenters. The Labute approximate surface area is 136 Å². The monoisotopic (exact) mass is 345 g/mol. The largest absolute Gasteiger partial charge is 0.377 e. The number of hydrogen-bond acceptors (Lipinski definition) is 5. The van der Waals surface area contributed by atoms with E-state index in [0.717, 1.165) is 0 Å². The highest BCUT2D eigenvalue weighted by molar-refractivity contribution is 7.90. The van der Waals surface area contributed by atoms with Crippen molar-refractivity contribution in [1.29, 1.82) is 0 Å². The minimum atomic E-state index is -3.94. The van der Waals surface area contributed by atoms with E-state index >= 15 is 0 Å². The fourth-order valence-electron chi connectivity index (χ4n) is 2.23. The summed E-state index contributed by atoms with van der Waals surface area (Å²) in [5.41, 5.74) is 7.61. The van der Waals surface area contributed by atoms with Crippen molar-refractivity contribution < 1.29 is 22.6 Å². The van der Waals surface area contributed by atoms with Crippen molar-refractivity contribution >= 4 is 10.0 Å². The summed E-state index contributed by atoms with van der Waals surface area (Å²) in [5, 5.41) is 0. The van der Waals surface area contributed by atoms with Crippen molar-refractivity contribution in [2.75, 3.05) is 38.8 Å². The molecule has 0 aromatic heterocycles.